The number of carbonyl (C=O) groups is 1. The molecule has 5 N–H and O–H groups in total. The molecule has 0 aliphatic heterocycles. The summed E-state index contributed by atoms with van der Waals surface area (Å²) < 4.78 is 9.89. The second-order valence-electron chi connectivity index (χ2n) is 5.50. The van der Waals surface area contributed by atoms with Crippen LogP contribution >= 0.6 is 0 Å². The Morgan fingerprint density at radius 1 is 1.28 bits per heavy atom. The third-order valence-corrected chi connectivity index (χ3v) is 3.93. The molecule has 8 nitrogen and oxygen atoms in total. The SMILES string of the molecule is COc1ccc2ccccc2c1C[NH2+]CCNC(=O)c1nonc1N. The number of methoxy groups -OCH3 is 1. The summed E-state index contributed by atoms with van der Waals surface area (Å²) in [6.07, 6.45) is 0. The minimum atomic E-state index is -0.394. The molecular weight excluding hydrogens is 322 g/mol. The van der Waals surface area contributed by atoms with Gasteiger partial charge in [0, 0.05) is 0 Å². The highest BCUT2D eigenvalue weighted by Crippen LogP contribution is 2.26. The molecule has 1 aromatic heterocycles. The smallest absolute Gasteiger partial charge is 0.277 e. The molecule has 0 radical (unpaired) electrons. The maximum atomic E-state index is 11.8. The van der Waals surface area contributed by atoms with Gasteiger partial charge in [-0.15, -0.1) is 0 Å². The summed E-state index contributed by atoms with van der Waals surface area (Å²) in [5, 5.41) is 14.0. The number of benzene rings is 2. The van der Waals surface area contributed by atoms with Crippen LogP contribution in [0.5, 0.6) is 5.75 Å². The number of nitrogens with one attached hydrogen (secondary N) is 1. The summed E-state index contributed by atoms with van der Waals surface area (Å²) in [7, 11) is 1.67. The number of nitrogens with two attached hydrogens (primary N) is 2. The number of amides is 1. The molecule has 0 bridgehead atoms. The molecule has 0 atom stereocenters. The van der Waals surface area contributed by atoms with Crippen LogP contribution in [0.1, 0.15) is 16.1 Å². The molecule has 25 heavy (non-hydrogen) atoms. The van der Waals surface area contributed by atoms with Gasteiger partial charge in [-0.1, -0.05) is 30.3 Å². The van der Waals surface area contributed by atoms with Gasteiger partial charge in [0.1, 0.15) is 12.3 Å². The number of rotatable bonds is 7. The van der Waals surface area contributed by atoms with E-state index in [0.29, 0.717) is 13.1 Å². The van der Waals surface area contributed by atoms with Crippen molar-refractivity contribution in [3.63, 3.8) is 0 Å². The zero-order valence-electron chi connectivity index (χ0n) is 13.9. The standard InChI is InChI=1S/C17H19N5O3/c1-24-14-7-6-11-4-2-3-5-12(11)13(14)10-19-8-9-20-17(23)15-16(18)22-25-21-15/h2-7,19H,8-10H2,1H3,(H2,18,22)(H,20,23)/p+1. The summed E-state index contributed by atoms with van der Waals surface area (Å²) >= 11 is 0. The van der Waals surface area contributed by atoms with Gasteiger partial charge in [0.2, 0.25) is 11.5 Å². The van der Waals surface area contributed by atoms with Crippen molar-refractivity contribution in [1.82, 2.24) is 15.6 Å². The summed E-state index contributed by atoms with van der Waals surface area (Å²) in [6, 6.07) is 12.2. The van der Waals surface area contributed by atoms with Crippen molar-refractivity contribution in [1.29, 1.82) is 0 Å². The van der Waals surface area contributed by atoms with E-state index in [1.165, 1.54) is 10.8 Å². The first-order valence-corrected chi connectivity index (χ1v) is 7.93. The van der Waals surface area contributed by atoms with Crippen molar-refractivity contribution in [2.45, 2.75) is 6.54 Å². The lowest BCUT2D eigenvalue weighted by Gasteiger charge is -2.11. The van der Waals surface area contributed by atoms with Gasteiger partial charge in [0.05, 0.1) is 25.8 Å². The monoisotopic (exact) mass is 342 g/mol. The maximum Gasteiger partial charge on any atom is 0.277 e. The van der Waals surface area contributed by atoms with E-state index in [0.717, 1.165) is 17.9 Å². The molecule has 0 fully saturated rings. The summed E-state index contributed by atoms with van der Waals surface area (Å²) in [5.74, 6) is 0.456. The highest BCUT2D eigenvalue weighted by molar-refractivity contribution is 5.95. The van der Waals surface area contributed by atoms with Crippen LogP contribution in [0, 0.1) is 0 Å². The van der Waals surface area contributed by atoms with E-state index in [1.807, 2.05) is 24.3 Å². The van der Waals surface area contributed by atoms with E-state index in [9.17, 15) is 4.79 Å². The Hall–Kier alpha value is -3.13. The predicted molar refractivity (Wildman–Crippen MR) is 92.0 cm³/mol. The first-order chi connectivity index (χ1) is 12.2. The molecule has 0 spiro atoms. The number of ether oxygens (including phenoxy) is 1. The van der Waals surface area contributed by atoms with Crippen LogP contribution in [0.15, 0.2) is 41.0 Å². The van der Waals surface area contributed by atoms with Crippen molar-refractivity contribution >= 4 is 22.5 Å². The third-order valence-electron chi connectivity index (χ3n) is 3.93. The lowest BCUT2D eigenvalue weighted by molar-refractivity contribution is -0.668. The first-order valence-electron chi connectivity index (χ1n) is 7.93. The van der Waals surface area contributed by atoms with E-state index in [2.05, 4.69) is 37.7 Å². The van der Waals surface area contributed by atoms with Gasteiger partial charge < -0.3 is 21.1 Å². The fourth-order valence-electron chi connectivity index (χ4n) is 2.69. The van der Waals surface area contributed by atoms with E-state index in [1.54, 1.807) is 7.11 Å². The zero-order chi connectivity index (χ0) is 17.6. The fourth-order valence-corrected chi connectivity index (χ4v) is 2.69. The lowest BCUT2D eigenvalue weighted by Crippen LogP contribution is -2.84. The number of quaternary nitrogens is 1. The third kappa shape index (κ3) is 3.69. The molecule has 0 aliphatic carbocycles. The fraction of sp³-hybridized carbons (Fsp3) is 0.235. The highest BCUT2D eigenvalue weighted by Gasteiger charge is 2.15. The molecule has 130 valence electrons. The second-order valence-corrected chi connectivity index (χ2v) is 5.50. The Balaban J connectivity index is 1.56. The van der Waals surface area contributed by atoms with Crippen LogP contribution in [-0.2, 0) is 6.54 Å². The summed E-state index contributed by atoms with van der Waals surface area (Å²) in [6.45, 7) is 1.91. The molecule has 1 heterocycles. The Kier molecular flexibility index (Phi) is 5.10. The molecule has 2 aromatic carbocycles. The molecule has 0 aliphatic rings. The van der Waals surface area contributed by atoms with Gasteiger partial charge in [-0.25, -0.2) is 4.63 Å². The minimum Gasteiger partial charge on any atom is -0.496 e. The molecule has 1 amide bonds. The number of hydrogen-bond acceptors (Lipinski definition) is 6. The molecule has 0 saturated heterocycles. The van der Waals surface area contributed by atoms with Crippen LogP contribution < -0.4 is 21.1 Å². The van der Waals surface area contributed by atoms with Gasteiger partial charge in [-0.3, -0.25) is 4.79 Å². The normalized spacial score (nSPS) is 10.8. The van der Waals surface area contributed by atoms with Gasteiger partial charge in [0.25, 0.3) is 5.91 Å². The Bertz CT molecular complexity index is 878. The molecule has 3 rings (SSSR count). The van der Waals surface area contributed by atoms with E-state index >= 15 is 0 Å². The average Bonchev–Trinajstić information content (AvgIpc) is 3.07. The number of anilines is 1. The van der Waals surface area contributed by atoms with E-state index in [-0.39, 0.29) is 11.5 Å². The molecule has 0 saturated carbocycles. The van der Waals surface area contributed by atoms with Crippen LogP contribution in [0.2, 0.25) is 0 Å². The number of nitrogens with zero attached hydrogens (tertiary/aromatic N) is 2. The van der Waals surface area contributed by atoms with Crippen molar-refractivity contribution in [3.05, 3.63) is 47.7 Å². The molecular formula is C17H20N5O3+. The Morgan fingerprint density at radius 2 is 2.12 bits per heavy atom. The molecule has 0 unspecified atom stereocenters. The van der Waals surface area contributed by atoms with E-state index in [4.69, 9.17) is 10.5 Å². The Labute approximate surface area is 144 Å². The van der Waals surface area contributed by atoms with Crippen molar-refractivity contribution in [2.75, 3.05) is 25.9 Å². The topological polar surface area (TPSA) is 120 Å². The van der Waals surface area contributed by atoms with Crippen LogP contribution in [0.4, 0.5) is 5.82 Å². The largest absolute Gasteiger partial charge is 0.496 e. The zero-order valence-corrected chi connectivity index (χ0v) is 13.9. The van der Waals surface area contributed by atoms with Gasteiger partial charge in [0.15, 0.2) is 0 Å². The highest BCUT2D eigenvalue weighted by atomic mass is 16.6. The number of hydrogen-bond donors (Lipinski definition) is 3. The Morgan fingerprint density at radius 3 is 2.88 bits per heavy atom. The second kappa shape index (κ2) is 7.63. The average molecular weight is 342 g/mol. The number of carbonyl (C=O) groups excluding carboxylic acids is 1. The number of aromatic nitrogens is 2. The van der Waals surface area contributed by atoms with Crippen molar-refractivity contribution in [2.24, 2.45) is 0 Å². The minimum absolute atomic E-state index is 0.00993. The van der Waals surface area contributed by atoms with Crippen LogP contribution in [0.25, 0.3) is 10.8 Å². The number of nitrogen functional groups attached to an aromatic ring is 1. The van der Waals surface area contributed by atoms with Crippen molar-refractivity contribution < 1.29 is 19.5 Å². The van der Waals surface area contributed by atoms with Gasteiger partial charge in [-0.2, -0.15) is 0 Å². The maximum absolute atomic E-state index is 11.8. The van der Waals surface area contributed by atoms with E-state index < -0.39 is 5.91 Å². The van der Waals surface area contributed by atoms with Gasteiger partial charge in [-0.05, 0) is 27.2 Å². The predicted octanol–water partition coefficient (Wildman–Crippen LogP) is 0.307. The summed E-state index contributed by atoms with van der Waals surface area (Å²) in [4.78, 5) is 11.8. The lowest BCUT2D eigenvalue weighted by atomic mass is 10.0. The summed E-state index contributed by atoms with van der Waals surface area (Å²) in [5.41, 5.74) is 6.63. The number of fused-ring (bicyclic) bond motifs is 1. The quantitative estimate of drug-likeness (QED) is 0.532. The van der Waals surface area contributed by atoms with Crippen molar-refractivity contribution in [3.8, 4) is 5.75 Å². The molecule has 8 heteroatoms. The van der Waals surface area contributed by atoms with Crippen LogP contribution in [0.3, 0.4) is 0 Å². The molecule has 3 aromatic rings. The van der Waals surface area contributed by atoms with Gasteiger partial charge >= 0.3 is 0 Å². The van der Waals surface area contributed by atoms with Crippen LogP contribution in [-0.4, -0.2) is 36.4 Å². The first kappa shape index (κ1) is 16.7.